The number of para-hydroxylation sites is 2. The number of sulfonamides is 1. The minimum absolute atomic E-state index is 0.235. The zero-order valence-electron chi connectivity index (χ0n) is 14.4. The van der Waals surface area contributed by atoms with Crippen LogP contribution in [-0.2, 0) is 10.0 Å². The minimum Gasteiger partial charge on any atom is -0.487 e. The molecular formula is C20H21NO3S. The van der Waals surface area contributed by atoms with Gasteiger partial charge in [-0.3, -0.25) is 4.31 Å². The topological polar surface area (TPSA) is 46.6 Å². The Morgan fingerprint density at radius 2 is 1.80 bits per heavy atom. The summed E-state index contributed by atoms with van der Waals surface area (Å²) < 4.78 is 33.7. The summed E-state index contributed by atoms with van der Waals surface area (Å²) >= 11 is 0. The molecule has 0 bridgehead atoms. The first-order valence-corrected chi connectivity index (χ1v) is 9.50. The second-order valence-corrected chi connectivity index (χ2v) is 7.98. The maximum atomic E-state index is 13.2. The van der Waals surface area contributed by atoms with E-state index in [2.05, 4.69) is 6.58 Å². The van der Waals surface area contributed by atoms with Gasteiger partial charge in [0.15, 0.2) is 0 Å². The van der Waals surface area contributed by atoms with E-state index in [0.717, 1.165) is 16.7 Å². The van der Waals surface area contributed by atoms with E-state index >= 15 is 0 Å². The smallest absolute Gasteiger partial charge is 0.264 e. The summed E-state index contributed by atoms with van der Waals surface area (Å²) in [4.78, 5) is 0.263. The van der Waals surface area contributed by atoms with Gasteiger partial charge in [-0.05, 0) is 43.7 Å². The zero-order chi connectivity index (χ0) is 18.0. The van der Waals surface area contributed by atoms with Crippen LogP contribution in [0.3, 0.4) is 0 Å². The van der Waals surface area contributed by atoms with E-state index < -0.39 is 10.0 Å². The Morgan fingerprint density at radius 1 is 1.12 bits per heavy atom. The fraction of sp³-hybridized carbons (Fsp3) is 0.200. The van der Waals surface area contributed by atoms with Crippen LogP contribution >= 0.6 is 0 Å². The fourth-order valence-electron chi connectivity index (χ4n) is 2.65. The van der Waals surface area contributed by atoms with Gasteiger partial charge in [0.05, 0.1) is 17.1 Å². The Bertz CT molecular complexity index is 928. The molecule has 0 radical (unpaired) electrons. The van der Waals surface area contributed by atoms with Crippen LogP contribution in [0.1, 0.15) is 12.5 Å². The van der Waals surface area contributed by atoms with Crippen LogP contribution in [-0.4, -0.2) is 21.6 Å². The number of fused-ring (bicyclic) bond motifs is 1. The van der Waals surface area contributed by atoms with Gasteiger partial charge in [-0.2, -0.15) is 0 Å². The second-order valence-electron chi connectivity index (χ2n) is 6.12. The highest BCUT2D eigenvalue weighted by Crippen LogP contribution is 2.34. The predicted molar refractivity (Wildman–Crippen MR) is 101 cm³/mol. The lowest BCUT2D eigenvalue weighted by molar-refractivity contribution is 0.353. The second kappa shape index (κ2) is 6.76. The van der Waals surface area contributed by atoms with Crippen molar-refractivity contribution in [2.24, 2.45) is 0 Å². The number of aryl methyl sites for hydroxylation is 1. The van der Waals surface area contributed by atoms with Crippen molar-refractivity contribution in [3.8, 4) is 5.75 Å². The molecule has 0 aliphatic carbocycles. The average Bonchev–Trinajstić information content (AvgIpc) is 2.55. The average molecular weight is 355 g/mol. The van der Waals surface area contributed by atoms with Crippen LogP contribution in [0.2, 0.25) is 0 Å². The van der Waals surface area contributed by atoms with Gasteiger partial charge in [0.25, 0.3) is 10.0 Å². The van der Waals surface area contributed by atoms with Crippen LogP contribution < -0.4 is 9.04 Å². The number of rotatable bonds is 3. The first kappa shape index (κ1) is 17.3. The Hall–Kier alpha value is -2.53. The van der Waals surface area contributed by atoms with Crippen molar-refractivity contribution in [1.82, 2.24) is 0 Å². The Labute approximate surface area is 149 Å². The monoisotopic (exact) mass is 355 g/mol. The van der Waals surface area contributed by atoms with E-state index in [9.17, 15) is 8.42 Å². The van der Waals surface area contributed by atoms with Crippen LogP contribution in [0.15, 0.2) is 77.2 Å². The van der Waals surface area contributed by atoms with E-state index in [1.54, 1.807) is 36.4 Å². The van der Waals surface area contributed by atoms with Gasteiger partial charge in [-0.25, -0.2) is 8.42 Å². The number of ether oxygens (including phenoxy) is 1. The molecule has 0 atom stereocenters. The number of benzene rings is 2. The highest BCUT2D eigenvalue weighted by molar-refractivity contribution is 7.92. The van der Waals surface area contributed by atoms with E-state index in [0.29, 0.717) is 18.0 Å². The van der Waals surface area contributed by atoms with E-state index in [-0.39, 0.29) is 11.4 Å². The van der Waals surface area contributed by atoms with E-state index in [4.69, 9.17) is 4.74 Å². The Balaban J connectivity index is 2.12. The number of anilines is 1. The van der Waals surface area contributed by atoms with Crippen molar-refractivity contribution >= 4 is 15.7 Å². The number of nitrogens with zero attached hydrogens (tertiary/aromatic N) is 1. The molecule has 0 saturated carbocycles. The van der Waals surface area contributed by atoms with Crippen LogP contribution in [0.4, 0.5) is 5.69 Å². The summed E-state index contributed by atoms with van der Waals surface area (Å²) in [7, 11) is -3.70. The Kier molecular flexibility index (Phi) is 4.68. The van der Waals surface area contributed by atoms with Crippen LogP contribution in [0.25, 0.3) is 0 Å². The molecule has 0 spiro atoms. The molecule has 0 saturated heterocycles. The highest BCUT2D eigenvalue weighted by Gasteiger charge is 2.27. The summed E-state index contributed by atoms with van der Waals surface area (Å²) in [5, 5.41) is 0. The molecule has 2 aromatic rings. The van der Waals surface area contributed by atoms with Gasteiger partial charge >= 0.3 is 0 Å². The van der Waals surface area contributed by atoms with E-state index in [1.165, 1.54) is 4.31 Å². The standard InChI is InChI=1S/C20H21NO3S/c1-15(2)17-12-13-21(19-6-4-5-7-20(19)24-14-17)25(22,23)18-10-8-16(3)9-11-18/h4-12H,1,13-14H2,2-3H3/b17-12+. The fourth-order valence-corrected chi connectivity index (χ4v) is 4.07. The summed E-state index contributed by atoms with van der Waals surface area (Å²) in [6, 6.07) is 14.1. The first-order valence-electron chi connectivity index (χ1n) is 8.06. The van der Waals surface area contributed by atoms with Gasteiger partial charge in [-0.1, -0.05) is 48.1 Å². The molecule has 1 aliphatic heterocycles. The molecule has 25 heavy (non-hydrogen) atoms. The third kappa shape index (κ3) is 3.46. The minimum atomic E-state index is -3.70. The molecule has 0 unspecified atom stereocenters. The molecule has 0 N–H and O–H groups in total. The van der Waals surface area contributed by atoms with Crippen molar-refractivity contribution < 1.29 is 13.2 Å². The van der Waals surface area contributed by atoms with Crippen molar-refractivity contribution in [3.63, 3.8) is 0 Å². The molecule has 2 aromatic carbocycles. The van der Waals surface area contributed by atoms with Crippen LogP contribution in [0, 0.1) is 6.92 Å². The summed E-state index contributed by atoms with van der Waals surface area (Å²) in [6.45, 7) is 8.38. The SMILES string of the molecule is C=C(C)/C1=C/CN(S(=O)(=O)c2ccc(C)cc2)c2ccccc2OC1. The number of hydrogen-bond donors (Lipinski definition) is 0. The van der Waals surface area contributed by atoms with Crippen LogP contribution in [0.5, 0.6) is 5.75 Å². The van der Waals surface area contributed by atoms with Crippen molar-refractivity contribution in [2.45, 2.75) is 18.7 Å². The highest BCUT2D eigenvalue weighted by atomic mass is 32.2. The Morgan fingerprint density at radius 3 is 2.48 bits per heavy atom. The summed E-state index contributed by atoms with van der Waals surface area (Å²) in [5.41, 5.74) is 3.32. The maximum Gasteiger partial charge on any atom is 0.264 e. The molecular weight excluding hydrogens is 334 g/mol. The molecule has 4 nitrogen and oxygen atoms in total. The van der Waals surface area contributed by atoms with Crippen molar-refractivity contribution in [3.05, 3.63) is 77.9 Å². The molecule has 5 heteroatoms. The normalized spacial score (nSPS) is 16.7. The maximum absolute atomic E-state index is 13.2. The molecule has 0 fully saturated rings. The third-order valence-electron chi connectivity index (χ3n) is 4.18. The summed E-state index contributed by atoms with van der Waals surface area (Å²) in [6.07, 6.45) is 1.87. The quantitative estimate of drug-likeness (QED) is 0.833. The molecule has 3 rings (SSSR count). The van der Waals surface area contributed by atoms with Gasteiger partial charge in [0.2, 0.25) is 0 Å². The lowest BCUT2D eigenvalue weighted by Crippen LogP contribution is -2.33. The molecule has 130 valence electrons. The van der Waals surface area contributed by atoms with Gasteiger partial charge in [-0.15, -0.1) is 0 Å². The largest absolute Gasteiger partial charge is 0.487 e. The predicted octanol–water partition coefficient (Wildman–Crippen LogP) is 4.09. The number of hydrogen-bond acceptors (Lipinski definition) is 3. The van der Waals surface area contributed by atoms with Crippen molar-refractivity contribution in [1.29, 1.82) is 0 Å². The third-order valence-corrected chi connectivity index (χ3v) is 5.97. The molecule has 0 aromatic heterocycles. The lowest BCUT2D eigenvalue weighted by Gasteiger charge is -2.28. The zero-order valence-corrected chi connectivity index (χ0v) is 15.2. The molecule has 1 aliphatic rings. The molecule has 1 heterocycles. The first-order chi connectivity index (χ1) is 11.9. The van der Waals surface area contributed by atoms with Gasteiger partial charge in [0, 0.05) is 0 Å². The van der Waals surface area contributed by atoms with Gasteiger partial charge in [0.1, 0.15) is 12.4 Å². The van der Waals surface area contributed by atoms with E-state index in [1.807, 2.05) is 32.1 Å². The van der Waals surface area contributed by atoms with Crippen molar-refractivity contribution in [2.75, 3.05) is 17.5 Å². The molecule has 0 amide bonds. The summed E-state index contributed by atoms with van der Waals surface area (Å²) in [5.74, 6) is 0.546. The van der Waals surface area contributed by atoms with Gasteiger partial charge < -0.3 is 4.74 Å². The lowest BCUT2D eigenvalue weighted by atomic mass is 10.1.